The summed E-state index contributed by atoms with van der Waals surface area (Å²) in [5.74, 6) is 0.539. The number of piperidine rings is 2. The molecule has 1 saturated carbocycles. The number of carbonyl (C=O) groups excluding carboxylic acids is 1. The quantitative estimate of drug-likeness (QED) is 0.655. The van der Waals surface area contributed by atoms with Crippen LogP contribution in [0.2, 0.25) is 0 Å². The van der Waals surface area contributed by atoms with E-state index in [2.05, 4.69) is 39.3 Å². The van der Waals surface area contributed by atoms with E-state index in [0.717, 1.165) is 30.9 Å². The zero-order valence-corrected chi connectivity index (χ0v) is 19.1. The summed E-state index contributed by atoms with van der Waals surface area (Å²) in [7, 11) is 0. The van der Waals surface area contributed by atoms with Crippen LogP contribution in [-0.4, -0.2) is 63.6 Å². The summed E-state index contributed by atoms with van der Waals surface area (Å²) >= 11 is 0. The van der Waals surface area contributed by atoms with E-state index in [1.54, 1.807) is 0 Å². The normalized spacial score (nSPS) is 27.9. The topological polar surface area (TPSA) is 41.4 Å². The second kappa shape index (κ2) is 9.78. The molecule has 3 heterocycles. The molecule has 1 aromatic rings. The second-order valence-electron chi connectivity index (χ2n) is 9.87. The zero-order chi connectivity index (χ0) is 21.1. The summed E-state index contributed by atoms with van der Waals surface area (Å²) in [6, 6.07) is 2.03. The van der Waals surface area contributed by atoms with Gasteiger partial charge in [-0.3, -0.25) is 9.48 Å². The summed E-state index contributed by atoms with van der Waals surface area (Å²) in [4.78, 5) is 17.7. The van der Waals surface area contributed by atoms with Gasteiger partial charge in [0.2, 0.25) is 0 Å². The minimum atomic E-state index is 0.237. The zero-order valence-electron chi connectivity index (χ0n) is 19.1. The lowest BCUT2D eigenvalue weighted by molar-refractivity contribution is -0.120. The fourth-order valence-corrected chi connectivity index (χ4v) is 5.94. The predicted octanol–water partition coefficient (Wildman–Crippen LogP) is 4.25. The molecule has 0 bridgehead atoms. The lowest BCUT2D eigenvalue weighted by Gasteiger charge is -2.45. The number of aryl methyl sites for hydroxylation is 1. The average molecular weight is 413 g/mol. The number of allylic oxidation sites excluding steroid dienone is 1. The Labute approximate surface area is 182 Å². The first-order chi connectivity index (χ1) is 14.5. The van der Waals surface area contributed by atoms with Crippen molar-refractivity contribution in [3.63, 3.8) is 0 Å². The van der Waals surface area contributed by atoms with Gasteiger partial charge in [0.05, 0.1) is 12.2 Å². The van der Waals surface area contributed by atoms with Crippen molar-refractivity contribution in [2.75, 3.05) is 26.2 Å². The molecule has 3 fully saturated rings. The highest BCUT2D eigenvalue weighted by Gasteiger charge is 2.33. The van der Waals surface area contributed by atoms with Gasteiger partial charge in [-0.1, -0.05) is 13.5 Å². The Balaban J connectivity index is 1.19. The fraction of sp³-hybridized carbons (Fsp3) is 0.760. The summed E-state index contributed by atoms with van der Waals surface area (Å²) < 4.78 is 2.22. The summed E-state index contributed by atoms with van der Waals surface area (Å²) in [5, 5.41) is 4.60. The third-order valence-corrected chi connectivity index (χ3v) is 7.96. The molecule has 2 aliphatic heterocycles. The van der Waals surface area contributed by atoms with E-state index in [0.29, 0.717) is 17.9 Å². The van der Waals surface area contributed by atoms with Crippen molar-refractivity contribution < 1.29 is 4.79 Å². The van der Waals surface area contributed by atoms with E-state index in [4.69, 9.17) is 0 Å². The van der Waals surface area contributed by atoms with Gasteiger partial charge in [-0.25, -0.2) is 0 Å². The predicted molar refractivity (Wildman–Crippen MR) is 122 cm³/mol. The summed E-state index contributed by atoms with van der Waals surface area (Å²) in [6.45, 7) is 12.8. The first-order valence-corrected chi connectivity index (χ1v) is 12.3. The molecule has 5 heteroatoms. The molecule has 0 spiro atoms. The number of rotatable bonds is 6. The third-order valence-electron chi connectivity index (χ3n) is 7.96. The number of hydrogen-bond acceptors (Lipinski definition) is 4. The first kappa shape index (κ1) is 21.8. The number of ketones is 1. The number of Topliss-reactive ketones (excluding diaryl/α,β-unsaturated/α-hetero) is 1. The van der Waals surface area contributed by atoms with Crippen molar-refractivity contribution in [1.82, 2.24) is 19.6 Å². The van der Waals surface area contributed by atoms with Crippen LogP contribution < -0.4 is 0 Å². The van der Waals surface area contributed by atoms with Crippen molar-refractivity contribution >= 4 is 5.78 Å². The maximum Gasteiger partial charge on any atom is 0.161 e. The third kappa shape index (κ3) is 4.88. The van der Waals surface area contributed by atoms with Gasteiger partial charge in [0.1, 0.15) is 0 Å². The van der Waals surface area contributed by atoms with Crippen LogP contribution in [-0.2, 0) is 11.2 Å². The molecule has 0 unspecified atom stereocenters. The van der Waals surface area contributed by atoms with Gasteiger partial charge < -0.3 is 9.80 Å². The van der Waals surface area contributed by atoms with E-state index in [-0.39, 0.29) is 5.92 Å². The van der Waals surface area contributed by atoms with Crippen molar-refractivity contribution in [1.29, 1.82) is 0 Å². The number of carbonyl (C=O) groups is 1. The maximum absolute atomic E-state index is 12.2. The Hall–Kier alpha value is -1.46. The Morgan fingerprint density at radius 1 is 0.933 bits per heavy atom. The Morgan fingerprint density at radius 3 is 1.97 bits per heavy atom. The molecule has 3 aliphatic rings. The number of likely N-dealkylation sites (tertiary alicyclic amines) is 2. The molecular formula is C25H40N4O. The SMILES string of the molecule is C=C(C)C(=O)[C@H]1CC[C@H](N2CCC(N3CCC(n4cc(CC)cn4)CC3)CC2)CC1. The van der Waals surface area contributed by atoms with E-state index in [9.17, 15) is 4.79 Å². The molecule has 1 aromatic heterocycles. The molecule has 30 heavy (non-hydrogen) atoms. The largest absolute Gasteiger partial charge is 0.300 e. The average Bonchev–Trinajstić information content (AvgIpc) is 3.28. The van der Waals surface area contributed by atoms with Crippen LogP contribution in [0, 0.1) is 5.92 Å². The van der Waals surface area contributed by atoms with Crippen LogP contribution in [0.25, 0.3) is 0 Å². The van der Waals surface area contributed by atoms with Gasteiger partial charge in [-0.2, -0.15) is 5.10 Å². The summed E-state index contributed by atoms with van der Waals surface area (Å²) in [6.07, 6.45) is 14.9. The molecule has 0 radical (unpaired) electrons. The lowest BCUT2D eigenvalue weighted by atomic mass is 9.81. The number of nitrogens with zero attached hydrogens (tertiary/aromatic N) is 4. The molecule has 166 valence electrons. The Bertz CT molecular complexity index is 717. The van der Waals surface area contributed by atoms with Crippen LogP contribution in [0.1, 0.15) is 76.8 Å². The van der Waals surface area contributed by atoms with Crippen LogP contribution in [0.15, 0.2) is 24.5 Å². The van der Waals surface area contributed by atoms with Gasteiger partial charge in [0, 0.05) is 37.3 Å². The van der Waals surface area contributed by atoms with Crippen LogP contribution in [0.4, 0.5) is 0 Å². The molecule has 0 amide bonds. The van der Waals surface area contributed by atoms with Crippen molar-refractivity contribution in [3.8, 4) is 0 Å². The van der Waals surface area contributed by atoms with Crippen molar-refractivity contribution in [3.05, 3.63) is 30.1 Å². The molecule has 4 rings (SSSR count). The number of aromatic nitrogens is 2. The summed E-state index contributed by atoms with van der Waals surface area (Å²) in [5.41, 5.74) is 2.09. The van der Waals surface area contributed by atoms with E-state index < -0.39 is 0 Å². The molecule has 1 aliphatic carbocycles. The minimum absolute atomic E-state index is 0.237. The van der Waals surface area contributed by atoms with Crippen LogP contribution >= 0.6 is 0 Å². The van der Waals surface area contributed by atoms with Gasteiger partial charge in [0.15, 0.2) is 5.78 Å². The Morgan fingerprint density at radius 2 is 1.47 bits per heavy atom. The molecular weight excluding hydrogens is 372 g/mol. The van der Waals surface area contributed by atoms with Crippen LogP contribution in [0.3, 0.4) is 0 Å². The molecule has 2 saturated heterocycles. The van der Waals surface area contributed by atoms with Crippen molar-refractivity contribution in [2.45, 2.75) is 89.8 Å². The van der Waals surface area contributed by atoms with Gasteiger partial charge in [-0.05, 0) is 88.9 Å². The lowest BCUT2D eigenvalue weighted by Crippen LogP contribution is -2.50. The van der Waals surface area contributed by atoms with E-state index in [1.807, 2.05) is 13.1 Å². The van der Waals surface area contributed by atoms with Crippen LogP contribution in [0.5, 0.6) is 0 Å². The molecule has 0 atom stereocenters. The first-order valence-electron chi connectivity index (χ1n) is 12.3. The highest BCUT2D eigenvalue weighted by Crippen LogP contribution is 2.32. The second-order valence-corrected chi connectivity index (χ2v) is 9.87. The highest BCUT2D eigenvalue weighted by molar-refractivity contribution is 5.96. The van der Waals surface area contributed by atoms with Gasteiger partial charge in [0.25, 0.3) is 0 Å². The van der Waals surface area contributed by atoms with E-state index >= 15 is 0 Å². The minimum Gasteiger partial charge on any atom is -0.300 e. The van der Waals surface area contributed by atoms with Crippen molar-refractivity contribution in [2.24, 2.45) is 5.92 Å². The number of hydrogen-bond donors (Lipinski definition) is 0. The smallest absolute Gasteiger partial charge is 0.161 e. The van der Waals surface area contributed by atoms with Gasteiger partial charge in [-0.15, -0.1) is 0 Å². The standard InChI is InChI=1S/C25H40N4O/c1-4-20-17-26-29(18-20)24-11-15-28(16-12-24)23-9-13-27(14-10-23)22-7-5-21(6-8-22)25(30)19(2)3/h17-18,21-24H,2,4-16H2,1,3H3/t21-,22-. The molecule has 5 nitrogen and oxygen atoms in total. The maximum atomic E-state index is 12.2. The van der Waals surface area contributed by atoms with Gasteiger partial charge >= 0.3 is 0 Å². The highest BCUT2D eigenvalue weighted by atomic mass is 16.1. The molecule has 0 N–H and O–H groups in total. The monoisotopic (exact) mass is 412 g/mol. The molecule has 0 aromatic carbocycles. The Kier molecular flexibility index (Phi) is 7.09. The fourth-order valence-electron chi connectivity index (χ4n) is 5.94. The van der Waals surface area contributed by atoms with E-state index in [1.165, 1.54) is 70.3 Å².